The first-order valence-electron chi connectivity index (χ1n) is 7.20. The van der Waals surface area contributed by atoms with E-state index >= 15 is 0 Å². The van der Waals surface area contributed by atoms with Gasteiger partial charge in [0, 0.05) is 17.1 Å². The lowest BCUT2D eigenvalue weighted by Crippen LogP contribution is -2.04. The van der Waals surface area contributed by atoms with E-state index in [-0.39, 0.29) is 12.4 Å². The standard InChI is InChI=1S/C18H18O4S/c1-22-18(21)16-5-3-2-4-14(16)12-23-15-9-6-13(7-10-15)8-11-17(19)20/h2-7,9-10H,8,11-12H2,1H3,(H,19,20). The lowest BCUT2D eigenvalue weighted by Gasteiger charge is -2.08. The summed E-state index contributed by atoms with van der Waals surface area (Å²) in [6, 6.07) is 15.2. The highest BCUT2D eigenvalue weighted by Crippen LogP contribution is 2.25. The van der Waals surface area contributed by atoms with Crippen molar-refractivity contribution in [3.05, 3.63) is 65.2 Å². The summed E-state index contributed by atoms with van der Waals surface area (Å²) in [6.07, 6.45) is 0.671. The molecule has 0 aliphatic heterocycles. The number of benzene rings is 2. The van der Waals surface area contributed by atoms with E-state index in [2.05, 4.69) is 0 Å². The summed E-state index contributed by atoms with van der Waals surface area (Å²) in [5, 5.41) is 8.69. The minimum atomic E-state index is -0.789. The summed E-state index contributed by atoms with van der Waals surface area (Å²) in [7, 11) is 1.38. The molecule has 2 rings (SSSR count). The van der Waals surface area contributed by atoms with Crippen molar-refractivity contribution >= 4 is 23.7 Å². The Morgan fingerprint density at radius 2 is 1.78 bits per heavy atom. The van der Waals surface area contributed by atoms with Gasteiger partial charge in [0.2, 0.25) is 0 Å². The Morgan fingerprint density at radius 1 is 1.09 bits per heavy atom. The molecule has 0 aliphatic rings. The summed E-state index contributed by atoms with van der Waals surface area (Å²) in [5.74, 6) is -0.451. The topological polar surface area (TPSA) is 63.6 Å². The molecule has 2 aromatic carbocycles. The average Bonchev–Trinajstić information content (AvgIpc) is 2.58. The zero-order chi connectivity index (χ0) is 16.7. The molecule has 120 valence electrons. The highest BCUT2D eigenvalue weighted by Gasteiger charge is 2.11. The normalized spacial score (nSPS) is 10.3. The van der Waals surface area contributed by atoms with Gasteiger partial charge in [0.05, 0.1) is 12.7 Å². The van der Waals surface area contributed by atoms with Crippen LogP contribution in [0.2, 0.25) is 0 Å². The molecule has 0 atom stereocenters. The number of aryl methyl sites for hydroxylation is 1. The largest absolute Gasteiger partial charge is 0.481 e. The molecular weight excluding hydrogens is 312 g/mol. The molecule has 0 unspecified atom stereocenters. The van der Waals surface area contributed by atoms with Crippen molar-refractivity contribution < 1.29 is 19.4 Å². The molecule has 2 aromatic rings. The average molecular weight is 330 g/mol. The van der Waals surface area contributed by atoms with E-state index < -0.39 is 5.97 Å². The third-order valence-electron chi connectivity index (χ3n) is 3.37. The first-order valence-corrected chi connectivity index (χ1v) is 8.18. The van der Waals surface area contributed by atoms with E-state index in [1.165, 1.54) is 7.11 Å². The summed E-state index contributed by atoms with van der Waals surface area (Å²) in [5.41, 5.74) is 2.52. The summed E-state index contributed by atoms with van der Waals surface area (Å²) >= 11 is 1.62. The molecule has 0 amide bonds. The smallest absolute Gasteiger partial charge is 0.338 e. The van der Waals surface area contributed by atoms with Crippen LogP contribution in [0.4, 0.5) is 0 Å². The van der Waals surface area contributed by atoms with Crippen LogP contribution in [0, 0.1) is 0 Å². The summed E-state index contributed by atoms with van der Waals surface area (Å²) < 4.78 is 4.79. The van der Waals surface area contributed by atoms with Crippen LogP contribution in [0.25, 0.3) is 0 Å². The molecule has 4 nitrogen and oxygen atoms in total. The van der Waals surface area contributed by atoms with Crippen LogP contribution < -0.4 is 0 Å². The predicted molar refractivity (Wildman–Crippen MR) is 89.7 cm³/mol. The number of methoxy groups -OCH3 is 1. The lowest BCUT2D eigenvalue weighted by atomic mass is 10.1. The fraction of sp³-hybridized carbons (Fsp3) is 0.222. The van der Waals surface area contributed by atoms with Gasteiger partial charge in [-0.2, -0.15) is 0 Å². The van der Waals surface area contributed by atoms with Crippen molar-refractivity contribution in [1.82, 2.24) is 0 Å². The van der Waals surface area contributed by atoms with Crippen LogP contribution >= 0.6 is 11.8 Å². The van der Waals surface area contributed by atoms with Gasteiger partial charge >= 0.3 is 11.9 Å². The van der Waals surface area contributed by atoms with Crippen LogP contribution in [-0.4, -0.2) is 24.2 Å². The lowest BCUT2D eigenvalue weighted by molar-refractivity contribution is -0.136. The van der Waals surface area contributed by atoms with E-state index in [1.54, 1.807) is 17.8 Å². The number of rotatable bonds is 7. The maximum absolute atomic E-state index is 11.7. The van der Waals surface area contributed by atoms with E-state index in [0.29, 0.717) is 17.7 Å². The first-order chi connectivity index (χ1) is 11.1. The van der Waals surface area contributed by atoms with Gasteiger partial charge in [-0.25, -0.2) is 4.79 Å². The van der Waals surface area contributed by atoms with Crippen molar-refractivity contribution in [2.24, 2.45) is 0 Å². The van der Waals surface area contributed by atoms with Crippen LogP contribution in [0.5, 0.6) is 0 Å². The van der Waals surface area contributed by atoms with Crippen LogP contribution in [0.3, 0.4) is 0 Å². The first kappa shape index (κ1) is 17.1. The quantitative estimate of drug-likeness (QED) is 0.618. The molecule has 23 heavy (non-hydrogen) atoms. The van der Waals surface area contributed by atoms with Gasteiger partial charge in [-0.15, -0.1) is 11.8 Å². The highest BCUT2D eigenvalue weighted by molar-refractivity contribution is 7.98. The maximum Gasteiger partial charge on any atom is 0.338 e. The van der Waals surface area contributed by atoms with Crippen LogP contribution in [0.15, 0.2) is 53.4 Å². The minimum Gasteiger partial charge on any atom is -0.481 e. The Kier molecular flexibility index (Phi) is 6.23. The van der Waals surface area contributed by atoms with Gasteiger partial charge in [-0.05, 0) is 35.7 Å². The molecule has 0 aromatic heterocycles. The number of thioether (sulfide) groups is 1. The van der Waals surface area contributed by atoms with E-state index in [9.17, 15) is 9.59 Å². The van der Waals surface area contributed by atoms with Gasteiger partial charge in [0.1, 0.15) is 0 Å². The van der Waals surface area contributed by atoms with Crippen LogP contribution in [0.1, 0.15) is 27.9 Å². The molecule has 5 heteroatoms. The van der Waals surface area contributed by atoms with Gasteiger partial charge in [-0.1, -0.05) is 30.3 Å². The molecule has 0 bridgehead atoms. The van der Waals surface area contributed by atoms with Gasteiger partial charge < -0.3 is 9.84 Å². The van der Waals surface area contributed by atoms with Crippen molar-refractivity contribution in [2.75, 3.05) is 7.11 Å². The molecular formula is C18H18O4S. The zero-order valence-corrected chi connectivity index (χ0v) is 13.6. The van der Waals surface area contributed by atoms with Gasteiger partial charge in [0.25, 0.3) is 0 Å². The van der Waals surface area contributed by atoms with Crippen LogP contribution in [-0.2, 0) is 21.7 Å². The molecule has 1 N–H and O–H groups in total. The molecule has 0 radical (unpaired) electrons. The second kappa shape index (κ2) is 8.39. The van der Waals surface area contributed by atoms with Gasteiger partial charge in [-0.3, -0.25) is 4.79 Å². The number of carboxylic acids is 1. The highest BCUT2D eigenvalue weighted by atomic mass is 32.2. The molecule has 0 aliphatic carbocycles. The second-order valence-corrected chi connectivity index (χ2v) is 6.02. The number of ether oxygens (including phenoxy) is 1. The number of esters is 1. The zero-order valence-electron chi connectivity index (χ0n) is 12.8. The minimum absolute atomic E-state index is 0.138. The third kappa shape index (κ3) is 5.14. The van der Waals surface area contributed by atoms with E-state index in [4.69, 9.17) is 9.84 Å². The molecule has 0 fully saturated rings. The summed E-state index contributed by atoms with van der Waals surface area (Å²) in [4.78, 5) is 23.4. The fourth-order valence-corrected chi connectivity index (χ4v) is 3.02. The monoisotopic (exact) mass is 330 g/mol. The molecule has 0 saturated heterocycles. The van der Waals surface area contributed by atoms with E-state index in [1.807, 2.05) is 42.5 Å². The fourth-order valence-electron chi connectivity index (χ4n) is 2.12. The molecule has 0 saturated carbocycles. The second-order valence-electron chi connectivity index (χ2n) is 4.98. The number of carbonyl (C=O) groups excluding carboxylic acids is 1. The Labute approximate surface area is 139 Å². The Morgan fingerprint density at radius 3 is 2.43 bits per heavy atom. The van der Waals surface area contributed by atoms with Gasteiger partial charge in [0.15, 0.2) is 0 Å². The van der Waals surface area contributed by atoms with Crippen molar-refractivity contribution in [2.45, 2.75) is 23.5 Å². The Bertz CT molecular complexity index is 680. The summed E-state index contributed by atoms with van der Waals surface area (Å²) in [6.45, 7) is 0. The predicted octanol–water partition coefficient (Wildman–Crippen LogP) is 3.78. The molecule has 0 heterocycles. The number of carbonyl (C=O) groups is 2. The van der Waals surface area contributed by atoms with Crippen molar-refractivity contribution in [3.63, 3.8) is 0 Å². The number of carboxylic acid groups (broad SMARTS) is 1. The number of aliphatic carboxylic acids is 1. The maximum atomic E-state index is 11.7. The SMILES string of the molecule is COC(=O)c1ccccc1CSc1ccc(CCC(=O)O)cc1. The van der Waals surface area contributed by atoms with E-state index in [0.717, 1.165) is 16.0 Å². The van der Waals surface area contributed by atoms with Crippen molar-refractivity contribution in [3.8, 4) is 0 Å². The number of hydrogen-bond acceptors (Lipinski definition) is 4. The number of hydrogen-bond donors (Lipinski definition) is 1. The third-order valence-corrected chi connectivity index (χ3v) is 4.43. The Hall–Kier alpha value is -2.27. The molecule has 0 spiro atoms. The van der Waals surface area contributed by atoms with Crippen molar-refractivity contribution in [1.29, 1.82) is 0 Å². The Balaban J connectivity index is 1.99.